The van der Waals surface area contributed by atoms with Gasteiger partial charge in [0.05, 0.1) is 23.8 Å². The molecule has 1 atom stereocenters. The van der Waals surface area contributed by atoms with Crippen LogP contribution in [0.4, 0.5) is 0 Å². The third kappa shape index (κ3) is 4.03. The molecule has 0 aliphatic rings. The Hall–Kier alpha value is -3.50. The van der Waals surface area contributed by atoms with Gasteiger partial charge in [0, 0.05) is 18.8 Å². The molecule has 0 saturated carbocycles. The fourth-order valence-corrected chi connectivity index (χ4v) is 2.93. The molecule has 1 heterocycles. The van der Waals surface area contributed by atoms with E-state index in [-0.39, 0.29) is 51.2 Å². The van der Waals surface area contributed by atoms with E-state index in [4.69, 9.17) is 0 Å². The SMILES string of the molecule is CN(C)CC(O)CN=Cc1c(O)cc(O)c2nc3c(C(=O)O)ccc(O)c3nc12. The number of carboxylic acid groups (broad SMARTS) is 1. The van der Waals surface area contributed by atoms with E-state index < -0.39 is 17.8 Å². The van der Waals surface area contributed by atoms with E-state index in [0.717, 1.165) is 6.07 Å². The lowest BCUT2D eigenvalue weighted by Gasteiger charge is -2.13. The van der Waals surface area contributed by atoms with E-state index in [1.165, 1.54) is 18.3 Å². The zero-order valence-electron chi connectivity index (χ0n) is 15.7. The van der Waals surface area contributed by atoms with E-state index >= 15 is 0 Å². The molecule has 1 aromatic heterocycles. The van der Waals surface area contributed by atoms with E-state index in [1.807, 2.05) is 14.1 Å². The van der Waals surface area contributed by atoms with Gasteiger partial charge < -0.3 is 30.4 Å². The molecule has 0 amide bonds. The van der Waals surface area contributed by atoms with Gasteiger partial charge in [0.25, 0.3) is 0 Å². The lowest BCUT2D eigenvalue weighted by atomic mass is 10.1. The highest BCUT2D eigenvalue weighted by Gasteiger charge is 2.19. The van der Waals surface area contributed by atoms with Crippen molar-refractivity contribution in [3.63, 3.8) is 0 Å². The maximum absolute atomic E-state index is 11.4. The van der Waals surface area contributed by atoms with Crippen molar-refractivity contribution in [2.45, 2.75) is 6.10 Å². The van der Waals surface area contributed by atoms with E-state index in [2.05, 4.69) is 15.0 Å². The molecule has 0 aliphatic carbocycles. The Kier molecular flexibility index (Phi) is 5.48. The third-order valence-electron chi connectivity index (χ3n) is 4.19. The molecule has 0 spiro atoms. The Balaban J connectivity index is 2.17. The second-order valence-corrected chi connectivity index (χ2v) is 6.79. The highest BCUT2D eigenvalue weighted by atomic mass is 16.4. The van der Waals surface area contributed by atoms with Crippen LogP contribution in [0, 0.1) is 0 Å². The van der Waals surface area contributed by atoms with Crippen molar-refractivity contribution in [2.24, 2.45) is 4.99 Å². The summed E-state index contributed by atoms with van der Waals surface area (Å²) >= 11 is 0. The summed E-state index contributed by atoms with van der Waals surface area (Å²) in [7, 11) is 3.62. The smallest absolute Gasteiger partial charge is 0.337 e. The Labute approximate surface area is 165 Å². The number of phenols is 3. The topological polar surface area (TPSA) is 160 Å². The highest BCUT2D eigenvalue weighted by molar-refractivity contribution is 6.08. The van der Waals surface area contributed by atoms with Crippen LogP contribution in [0.5, 0.6) is 17.2 Å². The van der Waals surface area contributed by atoms with Gasteiger partial charge in [-0.3, -0.25) is 4.99 Å². The molecule has 2 aromatic carbocycles. The number of likely N-dealkylation sites (N-methyl/N-ethyl adjacent to an activating group) is 1. The van der Waals surface area contributed by atoms with Gasteiger partial charge in [0.2, 0.25) is 0 Å². The maximum Gasteiger partial charge on any atom is 0.337 e. The van der Waals surface area contributed by atoms with Crippen molar-refractivity contribution < 1.29 is 30.3 Å². The number of fused-ring (bicyclic) bond motifs is 2. The Bertz CT molecular complexity index is 1130. The number of aliphatic hydroxyl groups is 1. The second kappa shape index (κ2) is 7.86. The van der Waals surface area contributed by atoms with Crippen LogP contribution >= 0.6 is 0 Å². The first kappa shape index (κ1) is 20.2. The first-order valence-electron chi connectivity index (χ1n) is 8.63. The van der Waals surface area contributed by atoms with Crippen LogP contribution in [0.1, 0.15) is 15.9 Å². The quantitative estimate of drug-likeness (QED) is 0.300. The molecule has 0 bridgehead atoms. The summed E-state index contributed by atoms with van der Waals surface area (Å²) in [5.41, 5.74) is -0.302. The van der Waals surface area contributed by atoms with Crippen molar-refractivity contribution in [1.29, 1.82) is 0 Å². The van der Waals surface area contributed by atoms with E-state index in [9.17, 15) is 30.3 Å². The number of rotatable bonds is 6. The Morgan fingerprint density at radius 1 is 1.07 bits per heavy atom. The first-order chi connectivity index (χ1) is 13.7. The van der Waals surface area contributed by atoms with Crippen LogP contribution < -0.4 is 0 Å². The molecule has 0 radical (unpaired) electrons. The summed E-state index contributed by atoms with van der Waals surface area (Å²) in [6, 6.07) is 3.41. The van der Waals surface area contributed by atoms with Crippen LogP contribution in [-0.2, 0) is 0 Å². The van der Waals surface area contributed by atoms with Gasteiger partial charge in [-0.25, -0.2) is 14.8 Å². The molecule has 1 unspecified atom stereocenters. The number of benzene rings is 2. The Morgan fingerprint density at radius 2 is 1.72 bits per heavy atom. The number of aliphatic imine (C=N–C) groups is 1. The number of hydrogen-bond donors (Lipinski definition) is 5. The summed E-state index contributed by atoms with van der Waals surface area (Å²) in [6.45, 7) is 0.464. The molecule has 3 rings (SSSR count). The zero-order valence-corrected chi connectivity index (χ0v) is 15.7. The Morgan fingerprint density at radius 3 is 2.38 bits per heavy atom. The molecule has 10 nitrogen and oxygen atoms in total. The van der Waals surface area contributed by atoms with Gasteiger partial charge >= 0.3 is 5.97 Å². The minimum absolute atomic E-state index is 0.0266. The summed E-state index contributed by atoms with van der Waals surface area (Å²) < 4.78 is 0. The number of aromatic carboxylic acids is 1. The summed E-state index contributed by atoms with van der Waals surface area (Å²) in [5.74, 6) is -2.30. The third-order valence-corrected chi connectivity index (χ3v) is 4.19. The number of aromatic nitrogens is 2. The van der Waals surface area contributed by atoms with Gasteiger partial charge in [-0.15, -0.1) is 0 Å². The number of aliphatic hydroxyl groups excluding tert-OH is 1. The molecule has 10 heteroatoms. The van der Waals surface area contributed by atoms with Crippen molar-refractivity contribution in [2.75, 3.05) is 27.2 Å². The van der Waals surface area contributed by atoms with Crippen molar-refractivity contribution in [1.82, 2.24) is 14.9 Å². The average Bonchev–Trinajstić information content (AvgIpc) is 2.63. The van der Waals surface area contributed by atoms with Gasteiger partial charge in [0.15, 0.2) is 0 Å². The van der Waals surface area contributed by atoms with Gasteiger partial charge in [-0.1, -0.05) is 0 Å². The number of hydrogen-bond acceptors (Lipinski definition) is 9. The maximum atomic E-state index is 11.4. The molecule has 5 N–H and O–H groups in total. The monoisotopic (exact) mass is 400 g/mol. The normalized spacial score (nSPS) is 13.0. The van der Waals surface area contributed by atoms with E-state index in [1.54, 1.807) is 4.90 Å². The molecule has 152 valence electrons. The number of phenolic OH excluding ortho intramolecular Hbond substituents is 3. The van der Waals surface area contributed by atoms with Gasteiger partial charge in [0.1, 0.15) is 39.3 Å². The van der Waals surface area contributed by atoms with Gasteiger partial charge in [-0.2, -0.15) is 0 Å². The first-order valence-corrected chi connectivity index (χ1v) is 8.63. The molecule has 29 heavy (non-hydrogen) atoms. The van der Waals surface area contributed by atoms with Gasteiger partial charge in [-0.05, 0) is 26.2 Å². The fraction of sp³-hybridized carbons (Fsp3) is 0.263. The van der Waals surface area contributed by atoms with Crippen molar-refractivity contribution in [3.05, 3.63) is 29.3 Å². The molecule has 3 aromatic rings. The zero-order chi connectivity index (χ0) is 21.3. The summed E-state index contributed by atoms with van der Waals surface area (Å²) in [5, 5.41) is 49.8. The van der Waals surface area contributed by atoms with Crippen molar-refractivity contribution in [3.8, 4) is 17.2 Å². The van der Waals surface area contributed by atoms with Crippen LogP contribution in [0.2, 0.25) is 0 Å². The second-order valence-electron chi connectivity index (χ2n) is 6.79. The van der Waals surface area contributed by atoms with Crippen LogP contribution in [0.25, 0.3) is 22.1 Å². The van der Waals surface area contributed by atoms with Crippen LogP contribution in [0.15, 0.2) is 23.2 Å². The molecular formula is C19H20N4O6. The highest BCUT2D eigenvalue weighted by Crippen LogP contribution is 2.35. The average molecular weight is 400 g/mol. The fourth-order valence-electron chi connectivity index (χ4n) is 2.93. The van der Waals surface area contributed by atoms with Crippen LogP contribution in [-0.4, -0.2) is 85.9 Å². The largest absolute Gasteiger partial charge is 0.507 e. The minimum atomic E-state index is -1.27. The lowest BCUT2D eigenvalue weighted by Crippen LogP contribution is -2.27. The predicted octanol–water partition coefficient (Wildman–Crippen LogP) is 0.939. The number of nitrogens with zero attached hydrogens (tertiary/aromatic N) is 4. The molecular weight excluding hydrogens is 380 g/mol. The standard InChI is InChI=1S/C19H20N4O6/c1-23(2)8-9(24)6-20-7-11-13(26)5-14(27)18-16(11)22-17-12(25)4-3-10(19(28)29)15(17)21-18/h3-5,7,9,24-27H,6,8H2,1-2H3,(H,28,29). The van der Waals surface area contributed by atoms with E-state index in [0.29, 0.717) is 6.54 Å². The number of carboxylic acids is 1. The minimum Gasteiger partial charge on any atom is -0.507 e. The predicted molar refractivity (Wildman–Crippen MR) is 106 cm³/mol. The summed E-state index contributed by atoms with van der Waals surface area (Å²) in [4.78, 5) is 25.8. The van der Waals surface area contributed by atoms with Crippen molar-refractivity contribution >= 4 is 34.3 Å². The number of aromatic hydroxyl groups is 3. The van der Waals surface area contributed by atoms with Crippen LogP contribution in [0.3, 0.4) is 0 Å². The molecule has 0 fully saturated rings. The summed E-state index contributed by atoms with van der Waals surface area (Å²) in [6.07, 6.45) is 0.565. The molecule has 0 aliphatic heterocycles. The molecule has 0 saturated heterocycles. The lowest BCUT2D eigenvalue weighted by molar-refractivity contribution is 0.0698. The number of carbonyl (C=O) groups is 1.